The highest BCUT2D eigenvalue weighted by atomic mass is 35.5. The van der Waals surface area contributed by atoms with Crippen LogP contribution in [0.15, 0.2) is 52.1 Å². The molecule has 7 heteroatoms. The lowest BCUT2D eigenvalue weighted by atomic mass is 10.1. The zero-order valence-corrected chi connectivity index (χ0v) is 17.1. The summed E-state index contributed by atoms with van der Waals surface area (Å²) in [5.74, 6) is -0.215. The van der Waals surface area contributed by atoms with Crippen LogP contribution in [0.2, 0.25) is 5.02 Å². The molecule has 6 nitrogen and oxygen atoms in total. The van der Waals surface area contributed by atoms with Gasteiger partial charge in [0.2, 0.25) is 5.91 Å². The second-order valence-electron chi connectivity index (χ2n) is 7.50. The molecular formula is C22H22ClN3O3. The summed E-state index contributed by atoms with van der Waals surface area (Å²) in [6.45, 7) is 3.74. The Morgan fingerprint density at radius 2 is 1.97 bits per heavy atom. The van der Waals surface area contributed by atoms with Crippen LogP contribution in [0.25, 0.3) is 16.6 Å². The van der Waals surface area contributed by atoms with Gasteiger partial charge in [-0.1, -0.05) is 30.7 Å². The summed E-state index contributed by atoms with van der Waals surface area (Å²) >= 11 is 6.17. The standard InChI is InChI=1S/C22H22ClN3O3/c1-3-18(20(27)24-15-8-9-15)26-19-12-14(23)7-10-17(19)21(28)25(22(26)29)16-6-4-5-13(2)11-16/h4-7,10-12,15,18H,3,8-9H2,1-2H3,(H,24,27)/t18-/m0/s1. The van der Waals surface area contributed by atoms with Gasteiger partial charge in [0.05, 0.1) is 16.6 Å². The van der Waals surface area contributed by atoms with Crippen molar-refractivity contribution in [3.63, 3.8) is 0 Å². The molecule has 4 rings (SSSR count). The number of benzene rings is 2. The molecule has 1 saturated carbocycles. The molecule has 1 aliphatic rings. The minimum absolute atomic E-state index is 0.171. The Labute approximate surface area is 172 Å². The van der Waals surface area contributed by atoms with Crippen LogP contribution in [0.4, 0.5) is 0 Å². The lowest BCUT2D eigenvalue weighted by Crippen LogP contribution is -2.44. The van der Waals surface area contributed by atoms with Crippen molar-refractivity contribution in [3.8, 4) is 5.69 Å². The number of nitrogens with one attached hydrogen (secondary N) is 1. The van der Waals surface area contributed by atoms with Gasteiger partial charge in [0, 0.05) is 11.1 Å². The first-order valence-electron chi connectivity index (χ1n) is 9.75. The third kappa shape index (κ3) is 3.60. The van der Waals surface area contributed by atoms with E-state index >= 15 is 0 Å². The van der Waals surface area contributed by atoms with Crippen LogP contribution in [0, 0.1) is 6.92 Å². The molecule has 0 radical (unpaired) electrons. The monoisotopic (exact) mass is 411 g/mol. The van der Waals surface area contributed by atoms with E-state index in [0.29, 0.717) is 28.0 Å². The number of carbonyl (C=O) groups excluding carboxylic acids is 1. The van der Waals surface area contributed by atoms with Gasteiger partial charge < -0.3 is 5.32 Å². The Morgan fingerprint density at radius 3 is 2.62 bits per heavy atom. The van der Waals surface area contributed by atoms with E-state index in [2.05, 4.69) is 5.32 Å². The molecule has 1 fully saturated rings. The van der Waals surface area contributed by atoms with Crippen molar-refractivity contribution in [1.29, 1.82) is 0 Å². The quantitative estimate of drug-likeness (QED) is 0.699. The fourth-order valence-corrected chi connectivity index (χ4v) is 3.78. The van der Waals surface area contributed by atoms with Gasteiger partial charge in [-0.2, -0.15) is 0 Å². The van der Waals surface area contributed by atoms with Crippen LogP contribution in [-0.4, -0.2) is 21.1 Å². The molecule has 1 atom stereocenters. The highest BCUT2D eigenvalue weighted by Gasteiger charge is 2.30. The Balaban J connectivity index is 2.03. The van der Waals surface area contributed by atoms with Crippen LogP contribution in [0.3, 0.4) is 0 Å². The van der Waals surface area contributed by atoms with Crippen LogP contribution in [-0.2, 0) is 4.79 Å². The third-order valence-electron chi connectivity index (χ3n) is 5.23. The maximum atomic E-state index is 13.5. The van der Waals surface area contributed by atoms with Crippen molar-refractivity contribution >= 4 is 28.4 Å². The number of hydrogen-bond acceptors (Lipinski definition) is 3. The number of amides is 1. The fraction of sp³-hybridized carbons (Fsp3) is 0.318. The van der Waals surface area contributed by atoms with Crippen molar-refractivity contribution in [2.75, 3.05) is 0 Å². The molecule has 0 spiro atoms. The normalized spacial score (nSPS) is 14.7. The predicted molar refractivity (Wildman–Crippen MR) is 114 cm³/mol. The SMILES string of the molecule is CC[C@@H](C(=O)NC1CC1)n1c(=O)n(-c2cccc(C)c2)c(=O)c2ccc(Cl)cc21. The summed E-state index contributed by atoms with van der Waals surface area (Å²) in [7, 11) is 0. The number of aryl methyl sites for hydroxylation is 1. The minimum atomic E-state index is -0.735. The van der Waals surface area contributed by atoms with Gasteiger partial charge in [0.25, 0.3) is 5.56 Å². The van der Waals surface area contributed by atoms with Gasteiger partial charge in [-0.3, -0.25) is 14.2 Å². The number of halogens is 1. The van der Waals surface area contributed by atoms with E-state index in [0.717, 1.165) is 23.0 Å². The maximum absolute atomic E-state index is 13.5. The van der Waals surface area contributed by atoms with Crippen molar-refractivity contribution < 1.29 is 4.79 Å². The molecule has 1 aliphatic carbocycles. The molecule has 29 heavy (non-hydrogen) atoms. The molecule has 3 aromatic rings. The highest BCUT2D eigenvalue weighted by molar-refractivity contribution is 6.31. The van der Waals surface area contributed by atoms with Crippen LogP contribution in [0.1, 0.15) is 37.8 Å². The maximum Gasteiger partial charge on any atom is 0.336 e. The molecule has 0 bridgehead atoms. The van der Waals surface area contributed by atoms with E-state index in [-0.39, 0.29) is 11.9 Å². The van der Waals surface area contributed by atoms with Crippen LogP contribution < -0.4 is 16.6 Å². The lowest BCUT2D eigenvalue weighted by Gasteiger charge is -2.22. The van der Waals surface area contributed by atoms with E-state index < -0.39 is 17.3 Å². The van der Waals surface area contributed by atoms with Gasteiger partial charge in [-0.25, -0.2) is 9.36 Å². The Bertz CT molecular complexity index is 1220. The number of rotatable bonds is 5. The second-order valence-corrected chi connectivity index (χ2v) is 7.94. The fourth-order valence-electron chi connectivity index (χ4n) is 3.61. The number of nitrogens with zero attached hydrogens (tertiary/aromatic N) is 2. The van der Waals surface area contributed by atoms with Gasteiger partial charge in [0.15, 0.2) is 0 Å². The summed E-state index contributed by atoms with van der Waals surface area (Å²) in [5.41, 5.74) is 0.793. The Hall–Kier alpha value is -2.86. The van der Waals surface area contributed by atoms with Crippen molar-refractivity contribution in [2.45, 2.75) is 45.2 Å². The molecule has 150 valence electrons. The lowest BCUT2D eigenvalue weighted by molar-refractivity contribution is -0.124. The Kier molecular flexibility index (Phi) is 5.04. The molecule has 1 N–H and O–H groups in total. The van der Waals surface area contributed by atoms with E-state index in [1.54, 1.807) is 36.4 Å². The molecule has 2 aromatic carbocycles. The topological polar surface area (TPSA) is 73.1 Å². The number of carbonyl (C=O) groups is 1. The van der Waals surface area contributed by atoms with Crippen molar-refractivity contribution in [3.05, 3.63) is 73.9 Å². The summed E-state index contributed by atoms with van der Waals surface area (Å²) in [5, 5.41) is 3.71. The molecule has 0 saturated heterocycles. The number of aromatic nitrogens is 2. The van der Waals surface area contributed by atoms with Crippen molar-refractivity contribution in [2.24, 2.45) is 0 Å². The van der Waals surface area contributed by atoms with E-state index in [1.165, 1.54) is 4.57 Å². The summed E-state index contributed by atoms with van der Waals surface area (Å²) in [6, 6.07) is 11.4. The molecule has 0 unspecified atom stereocenters. The van der Waals surface area contributed by atoms with Crippen LogP contribution in [0.5, 0.6) is 0 Å². The zero-order valence-electron chi connectivity index (χ0n) is 16.3. The third-order valence-corrected chi connectivity index (χ3v) is 5.47. The summed E-state index contributed by atoms with van der Waals surface area (Å²) in [4.78, 5) is 39.6. The summed E-state index contributed by atoms with van der Waals surface area (Å²) < 4.78 is 2.54. The van der Waals surface area contributed by atoms with Crippen LogP contribution >= 0.6 is 11.6 Å². The Morgan fingerprint density at radius 1 is 1.21 bits per heavy atom. The molecular weight excluding hydrogens is 390 g/mol. The zero-order chi connectivity index (χ0) is 20.7. The number of fused-ring (bicyclic) bond motifs is 1. The smallest absolute Gasteiger partial charge is 0.336 e. The first-order chi connectivity index (χ1) is 13.9. The molecule has 1 aromatic heterocycles. The first-order valence-corrected chi connectivity index (χ1v) is 10.1. The first kappa shape index (κ1) is 19.5. The molecule has 1 heterocycles. The second kappa shape index (κ2) is 7.52. The van der Waals surface area contributed by atoms with Gasteiger partial charge >= 0.3 is 5.69 Å². The summed E-state index contributed by atoms with van der Waals surface area (Å²) in [6.07, 6.45) is 2.31. The number of hydrogen-bond donors (Lipinski definition) is 1. The highest BCUT2D eigenvalue weighted by Crippen LogP contribution is 2.24. The average Bonchev–Trinajstić information content (AvgIpc) is 3.49. The van der Waals surface area contributed by atoms with E-state index in [1.807, 2.05) is 19.9 Å². The average molecular weight is 412 g/mol. The van der Waals surface area contributed by atoms with Gasteiger partial charge in [0.1, 0.15) is 6.04 Å². The molecule has 1 amide bonds. The van der Waals surface area contributed by atoms with E-state index in [9.17, 15) is 14.4 Å². The minimum Gasteiger partial charge on any atom is -0.352 e. The molecule has 0 aliphatic heterocycles. The van der Waals surface area contributed by atoms with Gasteiger partial charge in [-0.15, -0.1) is 0 Å². The predicted octanol–water partition coefficient (Wildman–Crippen LogP) is 3.34. The largest absolute Gasteiger partial charge is 0.352 e. The van der Waals surface area contributed by atoms with Gasteiger partial charge in [-0.05, 0) is 62.1 Å². The van der Waals surface area contributed by atoms with Crippen molar-refractivity contribution in [1.82, 2.24) is 14.5 Å². The van der Waals surface area contributed by atoms with E-state index in [4.69, 9.17) is 11.6 Å².